The van der Waals surface area contributed by atoms with E-state index in [4.69, 9.17) is 13.7 Å². The zero-order valence-electron chi connectivity index (χ0n) is 15.9. The van der Waals surface area contributed by atoms with Gasteiger partial charge in [-0.15, -0.1) is 0 Å². The molecule has 1 aliphatic heterocycles. The van der Waals surface area contributed by atoms with E-state index in [-0.39, 0.29) is 0 Å². The van der Waals surface area contributed by atoms with Gasteiger partial charge < -0.3 is 13.7 Å². The molecule has 0 spiro atoms. The highest BCUT2D eigenvalue weighted by Gasteiger charge is 2.43. The molecule has 0 amide bonds. The average molecular weight is 354 g/mol. The Morgan fingerprint density at radius 2 is 0.778 bits per heavy atom. The highest BCUT2D eigenvalue weighted by atomic mass is 16.7. The topological polar surface area (TPSA) is 27.7 Å². The van der Waals surface area contributed by atoms with Gasteiger partial charge in [-0.1, -0.05) is 89.5 Å². The summed E-state index contributed by atoms with van der Waals surface area (Å²) in [6.07, 6.45) is 0. The van der Waals surface area contributed by atoms with E-state index in [0.29, 0.717) is 0 Å². The third-order valence-corrected chi connectivity index (χ3v) is 4.68. The summed E-state index contributed by atoms with van der Waals surface area (Å²) in [4.78, 5) is 0. The Bertz CT molecular complexity index is 819. The van der Waals surface area contributed by atoms with Gasteiger partial charge in [0.25, 0.3) is 0 Å². The Kier molecular flexibility index (Phi) is 5.21. The summed E-state index contributed by atoms with van der Waals surface area (Å²) in [7, 11) is -1.47. The molecule has 0 saturated carbocycles. The minimum Gasteiger partial charge on any atom is -0.445 e. The highest BCUT2D eigenvalue weighted by molar-refractivity contribution is 6.87. The molecule has 1 saturated heterocycles. The van der Waals surface area contributed by atoms with Crippen molar-refractivity contribution in [3.05, 3.63) is 89.5 Å². The minimum absolute atomic E-state index is 0.491. The Balaban J connectivity index is 1.70. The predicted molar refractivity (Wildman–Crippen MR) is 113 cm³/mol. The predicted octanol–water partition coefficient (Wildman–Crippen LogP) is 2.16. The molecule has 0 bridgehead atoms. The summed E-state index contributed by atoms with van der Waals surface area (Å²) < 4.78 is 18.6. The van der Waals surface area contributed by atoms with Gasteiger partial charge in [-0.2, -0.15) is 0 Å². The number of rotatable bonds is 3. The van der Waals surface area contributed by atoms with Crippen molar-refractivity contribution in [2.75, 3.05) is 0 Å². The second kappa shape index (κ2) is 7.77. The van der Waals surface area contributed by atoms with Crippen LogP contribution >= 0.6 is 0 Å². The van der Waals surface area contributed by atoms with Crippen molar-refractivity contribution in [2.24, 2.45) is 0 Å². The van der Waals surface area contributed by atoms with Gasteiger partial charge in [0.2, 0.25) is 0 Å². The van der Waals surface area contributed by atoms with Gasteiger partial charge in [0.15, 0.2) is 0 Å². The zero-order chi connectivity index (χ0) is 18.8. The van der Waals surface area contributed by atoms with Crippen molar-refractivity contribution >= 4 is 37.7 Å². The lowest BCUT2D eigenvalue weighted by Gasteiger charge is -2.31. The normalized spacial score (nSPS) is 14.6. The van der Waals surface area contributed by atoms with Crippen molar-refractivity contribution in [3.8, 4) is 0 Å². The van der Waals surface area contributed by atoms with Gasteiger partial charge in [-0.05, 0) is 37.2 Å². The van der Waals surface area contributed by atoms with E-state index < -0.39 is 21.4 Å². The molecule has 1 aliphatic rings. The molecule has 1 fully saturated rings. The fraction of sp³-hybridized carbons (Fsp3) is 0.143. The van der Waals surface area contributed by atoms with Crippen LogP contribution in [0, 0.1) is 20.8 Å². The average Bonchev–Trinajstić information content (AvgIpc) is 2.68. The van der Waals surface area contributed by atoms with Crippen LogP contribution in [0.15, 0.2) is 72.8 Å². The van der Waals surface area contributed by atoms with E-state index in [9.17, 15) is 0 Å². The second-order valence-electron chi connectivity index (χ2n) is 7.15. The maximum absolute atomic E-state index is 6.21. The molecule has 0 atom stereocenters. The minimum atomic E-state index is -0.491. The monoisotopic (exact) mass is 354 g/mol. The lowest BCUT2D eigenvalue weighted by molar-refractivity contribution is 0.308. The van der Waals surface area contributed by atoms with Crippen molar-refractivity contribution in [2.45, 2.75) is 20.8 Å². The van der Waals surface area contributed by atoms with Crippen LogP contribution in [0.3, 0.4) is 0 Å². The van der Waals surface area contributed by atoms with E-state index in [1.807, 2.05) is 36.4 Å². The summed E-state index contributed by atoms with van der Waals surface area (Å²) in [5, 5.41) is 0. The maximum Gasteiger partial charge on any atom is 0.467 e. The molecular formula is C21H21B3O3. The van der Waals surface area contributed by atoms with Gasteiger partial charge in [-0.3, -0.25) is 0 Å². The van der Waals surface area contributed by atoms with E-state index >= 15 is 0 Å². The molecule has 3 aromatic rings. The highest BCUT2D eigenvalue weighted by Crippen LogP contribution is 2.12. The van der Waals surface area contributed by atoms with Gasteiger partial charge in [0, 0.05) is 0 Å². The Labute approximate surface area is 162 Å². The first-order chi connectivity index (χ1) is 13.1. The molecule has 1 heterocycles. The molecule has 0 radical (unpaired) electrons. The molecule has 0 aromatic heterocycles. The number of hydrogen-bond acceptors (Lipinski definition) is 3. The third-order valence-electron chi connectivity index (χ3n) is 4.68. The second-order valence-corrected chi connectivity index (χ2v) is 7.15. The largest absolute Gasteiger partial charge is 0.467 e. The van der Waals surface area contributed by atoms with Crippen molar-refractivity contribution in [1.82, 2.24) is 0 Å². The van der Waals surface area contributed by atoms with Crippen LogP contribution in [0.4, 0.5) is 0 Å². The van der Waals surface area contributed by atoms with Crippen LogP contribution in [0.25, 0.3) is 0 Å². The molecule has 0 unspecified atom stereocenters. The van der Waals surface area contributed by atoms with E-state index in [2.05, 4.69) is 57.2 Å². The van der Waals surface area contributed by atoms with Crippen LogP contribution < -0.4 is 16.4 Å². The Morgan fingerprint density at radius 3 is 1.04 bits per heavy atom. The van der Waals surface area contributed by atoms with E-state index in [1.54, 1.807) is 0 Å². The summed E-state index contributed by atoms with van der Waals surface area (Å²) in [6.45, 7) is 6.21. The molecule has 27 heavy (non-hydrogen) atoms. The summed E-state index contributed by atoms with van der Waals surface area (Å²) in [5.74, 6) is 0. The van der Waals surface area contributed by atoms with Crippen molar-refractivity contribution in [3.63, 3.8) is 0 Å². The van der Waals surface area contributed by atoms with Crippen LogP contribution in [-0.4, -0.2) is 21.4 Å². The molecule has 0 N–H and O–H groups in total. The number of aryl methyl sites for hydroxylation is 3. The lowest BCUT2D eigenvalue weighted by atomic mass is 9.61. The van der Waals surface area contributed by atoms with E-state index in [0.717, 1.165) is 16.4 Å². The molecule has 132 valence electrons. The van der Waals surface area contributed by atoms with Crippen LogP contribution in [0.5, 0.6) is 0 Å². The van der Waals surface area contributed by atoms with Crippen LogP contribution in [-0.2, 0) is 13.7 Å². The van der Waals surface area contributed by atoms with E-state index in [1.165, 1.54) is 16.7 Å². The molecule has 6 heteroatoms. The SMILES string of the molecule is Cc1cccc(B2OB(c3cccc(C)c3)OB(c3cccc(C)c3)O2)c1. The fourth-order valence-corrected chi connectivity index (χ4v) is 3.35. The van der Waals surface area contributed by atoms with Crippen molar-refractivity contribution < 1.29 is 13.7 Å². The van der Waals surface area contributed by atoms with Crippen molar-refractivity contribution in [1.29, 1.82) is 0 Å². The fourth-order valence-electron chi connectivity index (χ4n) is 3.35. The standard InChI is InChI=1S/C21H21B3O3/c1-16-7-4-10-19(13-16)22-25-23(20-11-5-8-17(2)14-20)27-24(26-22)21-12-6-9-18(3)15-21/h4-15H,1-3H3. The third kappa shape index (κ3) is 4.19. The van der Waals surface area contributed by atoms with Crippen LogP contribution in [0.1, 0.15) is 16.7 Å². The smallest absolute Gasteiger partial charge is 0.445 e. The first-order valence-corrected chi connectivity index (χ1v) is 9.24. The Morgan fingerprint density at radius 1 is 0.481 bits per heavy atom. The molecule has 3 nitrogen and oxygen atoms in total. The molecule has 3 aromatic carbocycles. The number of benzene rings is 3. The Hall–Kier alpha value is -2.27. The first-order valence-electron chi connectivity index (χ1n) is 9.24. The van der Waals surface area contributed by atoms with Gasteiger partial charge in [0.05, 0.1) is 0 Å². The lowest BCUT2D eigenvalue weighted by Crippen LogP contribution is -2.61. The summed E-state index contributed by atoms with van der Waals surface area (Å²) >= 11 is 0. The molecule has 0 aliphatic carbocycles. The first kappa shape index (κ1) is 18.1. The van der Waals surface area contributed by atoms with Crippen LogP contribution in [0.2, 0.25) is 0 Å². The summed E-state index contributed by atoms with van der Waals surface area (Å²) in [6, 6.07) is 24.7. The van der Waals surface area contributed by atoms with Gasteiger partial charge in [-0.25, -0.2) is 0 Å². The quantitative estimate of drug-likeness (QED) is 0.675. The molecule has 4 rings (SSSR count). The van der Waals surface area contributed by atoms with Gasteiger partial charge in [0.1, 0.15) is 0 Å². The maximum atomic E-state index is 6.21. The molecular weight excluding hydrogens is 333 g/mol. The van der Waals surface area contributed by atoms with Gasteiger partial charge >= 0.3 is 21.4 Å². The number of hydrogen-bond donors (Lipinski definition) is 0. The summed E-state index contributed by atoms with van der Waals surface area (Å²) in [5.41, 5.74) is 6.50. The zero-order valence-corrected chi connectivity index (χ0v) is 15.9.